The average molecular weight is 349 g/mol. The minimum Gasteiger partial charge on any atom is -0.279 e. The molecule has 106 valence electrons. The number of fused-ring (bicyclic) bond motifs is 1. The van der Waals surface area contributed by atoms with Crippen LogP contribution < -0.4 is 4.72 Å². The number of nitrogens with one attached hydrogen (secondary N) is 1. The summed E-state index contributed by atoms with van der Waals surface area (Å²) in [5, 5.41) is 4.26. The summed E-state index contributed by atoms with van der Waals surface area (Å²) < 4.78 is 28.6. The Balaban J connectivity index is 1.91. The molecule has 0 spiro atoms. The van der Waals surface area contributed by atoms with E-state index in [0.717, 1.165) is 5.69 Å². The van der Waals surface area contributed by atoms with E-state index in [2.05, 4.69) is 14.7 Å². The van der Waals surface area contributed by atoms with Crippen molar-refractivity contribution in [3.05, 3.63) is 32.8 Å². The van der Waals surface area contributed by atoms with Crippen LogP contribution in [0.15, 0.2) is 22.0 Å². The molecule has 0 aliphatic heterocycles. The highest BCUT2D eigenvalue weighted by Crippen LogP contribution is 2.25. The fraction of sp³-hybridized carbons (Fsp3) is 0.200. The van der Waals surface area contributed by atoms with E-state index in [1.165, 1.54) is 27.1 Å². The van der Waals surface area contributed by atoms with Gasteiger partial charge in [-0.05, 0) is 6.92 Å². The lowest BCUT2D eigenvalue weighted by Crippen LogP contribution is -2.24. The quantitative estimate of drug-likeness (QED) is 0.784. The standard InChI is InChI=1S/C10H9ClN4O2S3/c1-6-5-19-7(13-6)4-12-20(16,17)9-8(11)14-10-15(9)2-3-18-10/h2-3,5,12H,4H2,1H3. The molecule has 0 aromatic carbocycles. The molecule has 20 heavy (non-hydrogen) atoms. The minimum absolute atomic E-state index is 0.0281. The van der Waals surface area contributed by atoms with Gasteiger partial charge in [0.2, 0.25) is 0 Å². The van der Waals surface area contributed by atoms with E-state index in [1.54, 1.807) is 11.6 Å². The fourth-order valence-corrected chi connectivity index (χ4v) is 4.93. The minimum atomic E-state index is -3.74. The lowest BCUT2D eigenvalue weighted by atomic mass is 10.6. The predicted molar refractivity (Wildman–Crippen MR) is 79.0 cm³/mol. The zero-order valence-corrected chi connectivity index (χ0v) is 13.4. The zero-order chi connectivity index (χ0) is 14.3. The highest BCUT2D eigenvalue weighted by Gasteiger charge is 2.25. The summed E-state index contributed by atoms with van der Waals surface area (Å²) >= 11 is 8.65. The van der Waals surface area contributed by atoms with Gasteiger partial charge in [-0.2, -0.15) is 0 Å². The molecule has 0 saturated heterocycles. The van der Waals surface area contributed by atoms with Crippen molar-refractivity contribution >= 4 is 49.3 Å². The normalized spacial score (nSPS) is 12.3. The molecule has 0 aliphatic rings. The molecular formula is C10H9ClN4O2S3. The highest BCUT2D eigenvalue weighted by atomic mass is 35.5. The van der Waals surface area contributed by atoms with E-state index in [0.29, 0.717) is 9.97 Å². The summed E-state index contributed by atoms with van der Waals surface area (Å²) in [6, 6.07) is 0. The first-order valence-electron chi connectivity index (χ1n) is 5.49. The molecule has 0 saturated carbocycles. The molecule has 0 aliphatic carbocycles. The van der Waals surface area contributed by atoms with E-state index >= 15 is 0 Å². The van der Waals surface area contributed by atoms with Crippen LogP contribution in [0.2, 0.25) is 5.15 Å². The lowest BCUT2D eigenvalue weighted by molar-refractivity contribution is 0.576. The molecule has 6 nitrogen and oxygen atoms in total. The second-order valence-corrected chi connectivity index (χ2v) is 7.83. The van der Waals surface area contributed by atoms with Crippen molar-refractivity contribution in [3.63, 3.8) is 0 Å². The second-order valence-electron chi connectivity index (χ2n) is 3.97. The van der Waals surface area contributed by atoms with Gasteiger partial charge >= 0.3 is 0 Å². The van der Waals surface area contributed by atoms with Crippen LogP contribution in [0, 0.1) is 6.92 Å². The lowest BCUT2D eigenvalue weighted by Gasteiger charge is -2.04. The molecule has 0 fully saturated rings. The van der Waals surface area contributed by atoms with Gasteiger partial charge in [0, 0.05) is 22.7 Å². The maximum absolute atomic E-state index is 12.3. The Hall–Kier alpha value is -1.00. The van der Waals surface area contributed by atoms with Gasteiger partial charge in [0.15, 0.2) is 15.1 Å². The van der Waals surface area contributed by atoms with E-state index in [9.17, 15) is 8.42 Å². The Morgan fingerprint density at radius 3 is 2.90 bits per heavy atom. The zero-order valence-electron chi connectivity index (χ0n) is 10.2. The number of rotatable bonds is 4. The van der Waals surface area contributed by atoms with E-state index in [-0.39, 0.29) is 16.7 Å². The Kier molecular flexibility index (Phi) is 3.55. The van der Waals surface area contributed by atoms with Crippen molar-refractivity contribution in [2.24, 2.45) is 0 Å². The maximum Gasteiger partial charge on any atom is 0.260 e. The van der Waals surface area contributed by atoms with Crippen molar-refractivity contribution in [2.75, 3.05) is 0 Å². The molecular weight excluding hydrogens is 340 g/mol. The third-order valence-electron chi connectivity index (χ3n) is 2.51. The SMILES string of the molecule is Cc1csc(CNS(=O)(=O)c2c(Cl)nc3sccn23)n1. The molecule has 10 heteroatoms. The summed E-state index contributed by atoms with van der Waals surface area (Å²) in [6.45, 7) is 1.99. The van der Waals surface area contributed by atoms with Gasteiger partial charge in [0.25, 0.3) is 10.0 Å². The molecule has 3 rings (SSSR count). The summed E-state index contributed by atoms with van der Waals surface area (Å²) in [5.41, 5.74) is 0.867. The first-order valence-corrected chi connectivity index (χ1v) is 9.11. The number of thiazole rings is 2. The monoisotopic (exact) mass is 348 g/mol. The molecule has 3 heterocycles. The van der Waals surface area contributed by atoms with E-state index in [1.807, 2.05) is 12.3 Å². The van der Waals surface area contributed by atoms with Crippen LogP contribution in [0.4, 0.5) is 0 Å². The van der Waals surface area contributed by atoms with E-state index in [4.69, 9.17) is 11.6 Å². The molecule has 0 radical (unpaired) electrons. The molecule has 0 atom stereocenters. The molecule has 0 amide bonds. The first-order chi connectivity index (χ1) is 9.47. The van der Waals surface area contributed by atoms with Gasteiger partial charge in [0.1, 0.15) is 5.01 Å². The molecule has 0 bridgehead atoms. The van der Waals surface area contributed by atoms with Gasteiger partial charge < -0.3 is 0 Å². The van der Waals surface area contributed by atoms with Gasteiger partial charge in [-0.3, -0.25) is 4.40 Å². The first kappa shape index (κ1) is 14.0. The van der Waals surface area contributed by atoms with Crippen LogP contribution in [0.1, 0.15) is 10.7 Å². The summed E-state index contributed by atoms with van der Waals surface area (Å²) in [5.74, 6) is 0. The Bertz CT molecular complexity index is 864. The van der Waals surface area contributed by atoms with Crippen molar-refractivity contribution < 1.29 is 8.42 Å². The smallest absolute Gasteiger partial charge is 0.260 e. The Labute approximate surface area is 128 Å². The van der Waals surface area contributed by atoms with E-state index < -0.39 is 10.0 Å². The number of hydrogen-bond donors (Lipinski definition) is 1. The highest BCUT2D eigenvalue weighted by molar-refractivity contribution is 7.89. The van der Waals surface area contributed by atoms with Crippen LogP contribution in [0.5, 0.6) is 0 Å². The number of hydrogen-bond acceptors (Lipinski definition) is 6. The van der Waals surface area contributed by atoms with Gasteiger partial charge in [-0.15, -0.1) is 22.7 Å². The van der Waals surface area contributed by atoms with Crippen LogP contribution in [0.25, 0.3) is 4.96 Å². The summed E-state index contributed by atoms with van der Waals surface area (Å²) in [6.07, 6.45) is 1.63. The van der Waals surface area contributed by atoms with Gasteiger partial charge in [-0.1, -0.05) is 11.6 Å². The fourth-order valence-electron chi connectivity index (χ4n) is 1.69. The molecule has 0 unspecified atom stereocenters. The topological polar surface area (TPSA) is 76.4 Å². The van der Waals surface area contributed by atoms with Crippen LogP contribution in [0.3, 0.4) is 0 Å². The van der Waals surface area contributed by atoms with Crippen molar-refractivity contribution in [1.29, 1.82) is 0 Å². The van der Waals surface area contributed by atoms with Crippen molar-refractivity contribution in [3.8, 4) is 0 Å². The number of imidazole rings is 1. The Morgan fingerprint density at radius 1 is 1.40 bits per heavy atom. The number of aromatic nitrogens is 3. The van der Waals surface area contributed by atoms with Crippen molar-refractivity contribution in [2.45, 2.75) is 18.5 Å². The summed E-state index contributed by atoms with van der Waals surface area (Å²) in [4.78, 5) is 8.76. The predicted octanol–water partition coefficient (Wildman–Crippen LogP) is 2.29. The summed E-state index contributed by atoms with van der Waals surface area (Å²) in [7, 11) is -3.74. The third-order valence-corrected chi connectivity index (χ3v) is 6.04. The average Bonchev–Trinajstić information content (AvgIpc) is 3.02. The molecule has 1 N–H and O–H groups in total. The third kappa shape index (κ3) is 2.47. The second kappa shape index (κ2) is 5.08. The van der Waals surface area contributed by atoms with Gasteiger partial charge in [-0.25, -0.2) is 23.1 Å². The maximum atomic E-state index is 12.3. The number of sulfonamides is 1. The van der Waals surface area contributed by atoms with Crippen LogP contribution in [-0.4, -0.2) is 22.8 Å². The largest absolute Gasteiger partial charge is 0.279 e. The number of nitrogens with zero attached hydrogens (tertiary/aromatic N) is 3. The number of halogens is 1. The van der Waals surface area contributed by atoms with Gasteiger partial charge in [0.05, 0.1) is 6.54 Å². The van der Waals surface area contributed by atoms with Crippen molar-refractivity contribution in [1.82, 2.24) is 19.1 Å². The molecule has 3 aromatic heterocycles. The molecule has 3 aromatic rings. The number of aryl methyl sites for hydroxylation is 1. The van der Waals surface area contributed by atoms with Crippen LogP contribution >= 0.6 is 34.3 Å². The van der Waals surface area contributed by atoms with Crippen LogP contribution in [-0.2, 0) is 16.6 Å². The Morgan fingerprint density at radius 2 is 2.20 bits per heavy atom.